The van der Waals surface area contributed by atoms with Crippen molar-refractivity contribution in [3.63, 3.8) is 0 Å². The quantitative estimate of drug-likeness (QED) is 0.536. The van der Waals surface area contributed by atoms with Gasteiger partial charge in [-0.2, -0.15) is 10.1 Å². The zero-order valence-electron chi connectivity index (χ0n) is 15.0. The molecule has 0 radical (unpaired) electrons. The summed E-state index contributed by atoms with van der Waals surface area (Å²) in [6.07, 6.45) is 0. The minimum Gasteiger partial charge on any atom is -0.508 e. The molecule has 0 saturated carbocycles. The van der Waals surface area contributed by atoms with E-state index in [2.05, 4.69) is 15.5 Å². The fourth-order valence-electron chi connectivity index (χ4n) is 2.74. The number of aromatic hydroxyl groups is 1. The summed E-state index contributed by atoms with van der Waals surface area (Å²) in [5.41, 5.74) is 4.21. The van der Waals surface area contributed by atoms with Crippen LogP contribution in [0.3, 0.4) is 0 Å². The molecule has 3 aromatic rings. The van der Waals surface area contributed by atoms with Crippen LogP contribution in [-0.4, -0.2) is 29.5 Å². The van der Waals surface area contributed by atoms with Crippen LogP contribution in [0.15, 0.2) is 39.0 Å². The van der Waals surface area contributed by atoms with E-state index >= 15 is 0 Å². The lowest BCUT2D eigenvalue weighted by molar-refractivity contribution is 0.475. The van der Waals surface area contributed by atoms with Gasteiger partial charge in [0.1, 0.15) is 5.75 Å². The monoisotopic (exact) mass is 356 g/mol. The zero-order chi connectivity index (χ0) is 19.0. The predicted molar refractivity (Wildman–Crippen MR) is 99.8 cm³/mol. The number of rotatable bonds is 4. The summed E-state index contributed by atoms with van der Waals surface area (Å²) >= 11 is 0. The van der Waals surface area contributed by atoms with Crippen molar-refractivity contribution in [1.82, 2.24) is 18.7 Å². The summed E-state index contributed by atoms with van der Waals surface area (Å²) in [4.78, 5) is 29.0. The molecule has 2 heterocycles. The second-order valence-electron chi connectivity index (χ2n) is 5.91. The lowest BCUT2D eigenvalue weighted by Gasteiger charge is -2.07. The molecule has 0 spiro atoms. The third kappa shape index (κ3) is 2.77. The van der Waals surface area contributed by atoms with Crippen LogP contribution >= 0.6 is 0 Å². The van der Waals surface area contributed by atoms with Gasteiger partial charge >= 0.3 is 5.69 Å². The van der Waals surface area contributed by atoms with E-state index in [0.717, 1.165) is 10.1 Å². The third-order valence-corrected chi connectivity index (χ3v) is 4.27. The number of anilines is 1. The van der Waals surface area contributed by atoms with Crippen molar-refractivity contribution in [2.45, 2.75) is 20.4 Å². The Morgan fingerprint density at radius 1 is 1.19 bits per heavy atom. The maximum atomic E-state index is 12.5. The average molecular weight is 356 g/mol. The van der Waals surface area contributed by atoms with Gasteiger partial charge in [-0.1, -0.05) is 0 Å². The van der Waals surface area contributed by atoms with Gasteiger partial charge in [0, 0.05) is 20.6 Å². The summed E-state index contributed by atoms with van der Waals surface area (Å²) in [6.45, 7) is 4.18. The Hall–Kier alpha value is -3.36. The van der Waals surface area contributed by atoms with Gasteiger partial charge in [-0.15, -0.1) is 0 Å². The number of phenols is 1. The summed E-state index contributed by atoms with van der Waals surface area (Å²) in [5.74, 6) is 0.554. The molecule has 0 saturated heterocycles. The lowest BCUT2D eigenvalue weighted by Crippen LogP contribution is -2.37. The number of hydrazone groups is 1. The van der Waals surface area contributed by atoms with Crippen LogP contribution in [0.25, 0.3) is 11.2 Å². The van der Waals surface area contributed by atoms with Crippen molar-refractivity contribution in [1.29, 1.82) is 0 Å². The zero-order valence-corrected chi connectivity index (χ0v) is 15.0. The van der Waals surface area contributed by atoms with Gasteiger partial charge in [-0.25, -0.2) is 10.2 Å². The van der Waals surface area contributed by atoms with Crippen molar-refractivity contribution >= 4 is 22.8 Å². The lowest BCUT2D eigenvalue weighted by atomic mass is 10.1. The van der Waals surface area contributed by atoms with Gasteiger partial charge in [0.05, 0.1) is 5.71 Å². The molecule has 9 nitrogen and oxygen atoms in total. The Morgan fingerprint density at radius 2 is 1.85 bits per heavy atom. The summed E-state index contributed by atoms with van der Waals surface area (Å²) in [7, 11) is 3.02. The number of aryl methyl sites for hydroxylation is 2. The number of hydrogen-bond donors (Lipinski definition) is 2. The predicted octanol–water partition coefficient (Wildman–Crippen LogP) is 0.995. The van der Waals surface area contributed by atoms with E-state index in [-0.39, 0.29) is 5.75 Å². The van der Waals surface area contributed by atoms with Crippen molar-refractivity contribution in [2.24, 2.45) is 19.2 Å². The highest BCUT2D eigenvalue weighted by molar-refractivity contribution is 5.99. The molecule has 0 fully saturated rings. The van der Waals surface area contributed by atoms with Gasteiger partial charge in [0.2, 0.25) is 5.95 Å². The van der Waals surface area contributed by atoms with Gasteiger partial charge in [0.15, 0.2) is 11.2 Å². The molecule has 0 bridgehead atoms. The van der Waals surface area contributed by atoms with Crippen LogP contribution in [0.1, 0.15) is 19.4 Å². The summed E-state index contributed by atoms with van der Waals surface area (Å²) in [5, 5.41) is 13.7. The minimum atomic E-state index is -0.432. The van der Waals surface area contributed by atoms with Crippen LogP contribution in [0.2, 0.25) is 0 Å². The Balaban J connectivity index is 2.08. The van der Waals surface area contributed by atoms with Crippen LogP contribution in [-0.2, 0) is 20.6 Å². The first-order valence-corrected chi connectivity index (χ1v) is 8.11. The van der Waals surface area contributed by atoms with Gasteiger partial charge in [-0.3, -0.25) is 13.9 Å². The summed E-state index contributed by atoms with van der Waals surface area (Å²) < 4.78 is 4.08. The van der Waals surface area contributed by atoms with Crippen molar-refractivity contribution < 1.29 is 5.11 Å². The average Bonchev–Trinajstić information content (AvgIpc) is 3.02. The smallest absolute Gasteiger partial charge is 0.332 e. The molecule has 0 amide bonds. The first-order valence-electron chi connectivity index (χ1n) is 8.11. The normalized spacial score (nSPS) is 11.9. The summed E-state index contributed by atoms with van der Waals surface area (Å²) in [6, 6.07) is 6.65. The Kier molecular flexibility index (Phi) is 4.37. The van der Waals surface area contributed by atoms with Crippen LogP contribution in [0.4, 0.5) is 5.95 Å². The highest BCUT2D eigenvalue weighted by atomic mass is 16.3. The number of hydrogen-bond acceptors (Lipinski definition) is 6. The largest absolute Gasteiger partial charge is 0.508 e. The van der Waals surface area contributed by atoms with Crippen molar-refractivity contribution in [3.05, 3.63) is 50.7 Å². The van der Waals surface area contributed by atoms with Gasteiger partial charge < -0.3 is 9.67 Å². The molecule has 0 unspecified atom stereocenters. The highest BCUT2D eigenvalue weighted by Crippen LogP contribution is 2.16. The Bertz CT molecular complexity index is 1120. The number of fused-ring (bicyclic) bond motifs is 1. The van der Waals surface area contributed by atoms with E-state index in [4.69, 9.17) is 0 Å². The second kappa shape index (κ2) is 6.51. The van der Waals surface area contributed by atoms with Crippen LogP contribution < -0.4 is 16.7 Å². The molecule has 9 heteroatoms. The van der Waals surface area contributed by atoms with Gasteiger partial charge in [0.25, 0.3) is 5.56 Å². The van der Waals surface area contributed by atoms with E-state index < -0.39 is 11.2 Å². The molecule has 0 aliphatic rings. The number of nitrogens with zero attached hydrogens (tertiary/aromatic N) is 5. The van der Waals surface area contributed by atoms with E-state index in [1.54, 1.807) is 35.9 Å². The van der Waals surface area contributed by atoms with E-state index in [0.29, 0.717) is 29.4 Å². The van der Waals surface area contributed by atoms with E-state index in [1.165, 1.54) is 11.6 Å². The molecule has 0 aliphatic heterocycles. The Morgan fingerprint density at radius 3 is 2.46 bits per heavy atom. The number of benzene rings is 1. The molecule has 1 aromatic carbocycles. The molecule has 0 aliphatic carbocycles. The molecule has 0 atom stereocenters. The molecular formula is C17H20N6O3. The highest BCUT2D eigenvalue weighted by Gasteiger charge is 2.18. The second-order valence-corrected chi connectivity index (χ2v) is 5.91. The molecular weight excluding hydrogens is 336 g/mol. The molecule has 3 rings (SSSR count). The fraction of sp³-hybridized carbons (Fsp3) is 0.294. The maximum absolute atomic E-state index is 12.5. The molecule has 136 valence electrons. The van der Waals surface area contributed by atoms with Crippen molar-refractivity contribution in [2.75, 3.05) is 5.43 Å². The standard InChI is InChI=1S/C17H20N6O3/c1-5-23-13-14(21(3)17(26)22(4)15(13)25)18-16(23)20-19-10(2)11-6-8-12(24)9-7-11/h6-9,24H,5H2,1-4H3,(H,18,20)/b19-10+. The van der Waals surface area contributed by atoms with Gasteiger partial charge in [-0.05, 0) is 43.7 Å². The van der Waals surface area contributed by atoms with E-state index in [1.807, 2.05) is 13.8 Å². The first kappa shape index (κ1) is 17.5. The van der Waals surface area contributed by atoms with E-state index in [9.17, 15) is 14.7 Å². The van der Waals surface area contributed by atoms with Crippen LogP contribution in [0.5, 0.6) is 5.75 Å². The molecule has 2 N–H and O–H groups in total. The topological polar surface area (TPSA) is 106 Å². The third-order valence-electron chi connectivity index (χ3n) is 4.27. The fourth-order valence-corrected chi connectivity index (χ4v) is 2.74. The maximum Gasteiger partial charge on any atom is 0.332 e. The number of phenolic OH excluding ortho intramolecular Hbond substituents is 1. The number of aromatic nitrogens is 4. The SMILES string of the molecule is CCn1c(N/N=C(\C)c2ccc(O)cc2)nc2c1c(=O)n(C)c(=O)n2C. The number of nitrogens with one attached hydrogen (secondary N) is 1. The first-order chi connectivity index (χ1) is 12.3. The van der Waals surface area contributed by atoms with Crippen molar-refractivity contribution in [3.8, 4) is 5.75 Å². The molecule has 2 aromatic heterocycles. The van der Waals surface area contributed by atoms with Crippen LogP contribution in [0, 0.1) is 0 Å². The minimum absolute atomic E-state index is 0.180. The Labute approximate surface area is 148 Å². The number of imidazole rings is 1. The molecule has 26 heavy (non-hydrogen) atoms.